The zero-order valence-corrected chi connectivity index (χ0v) is 21.6. The molecule has 0 bridgehead atoms. The number of piperidine rings is 1. The van der Waals surface area contributed by atoms with Crippen molar-refractivity contribution in [3.05, 3.63) is 52.2 Å². The summed E-state index contributed by atoms with van der Waals surface area (Å²) in [4.78, 5) is 28.2. The van der Waals surface area contributed by atoms with Gasteiger partial charge in [0.25, 0.3) is 0 Å². The predicted molar refractivity (Wildman–Crippen MR) is 139 cm³/mol. The third kappa shape index (κ3) is 5.40. The lowest BCUT2D eigenvalue weighted by molar-refractivity contribution is 0.0531. The van der Waals surface area contributed by atoms with Crippen molar-refractivity contribution in [2.45, 2.75) is 45.7 Å². The van der Waals surface area contributed by atoms with E-state index in [1.165, 1.54) is 29.7 Å². The first-order valence-corrected chi connectivity index (χ1v) is 12.8. The molecule has 7 nitrogen and oxygen atoms in total. The second-order valence-corrected chi connectivity index (χ2v) is 10.2. The average molecular weight is 482 g/mol. The molecule has 0 aliphatic carbocycles. The summed E-state index contributed by atoms with van der Waals surface area (Å²) in [6.07, 6.45) is 2.36. The number of carbonyl (C=O) groups excluding carboxylic acids is 1. The number of rotatable bonds is 8. The van der Waals surface area contributed by atoms with Gasteiger partial charge in [-0.15, -0.1) is 11.3 Å². The van der Waals surface area contributed by atoms with Crippen LogP contribution in [0.25, 0.3) is 10.2 Å². The number of ether oxygens (including phenoxy) is 1. The Balaban J connectivity index is 1.67. The highest BCUT2D eigenvalue weighted by molar-refractivity contribution is 7.20. The second-order valence-electron chi connectivity index (χ2n) is 9.16. The van der Waals surface area contributed by atoms with Crippen LogP contribution in [0.5, 0.6) is 0 Å². The molecule has 0 saturated carbocycles. The van der Waals surface area contributed by atoms with Crippen LogP contribution < -0.4 is 5.32 Å². The number of nitrogens with one attached hydrogen (secondary N) is 1. The lowest BCUT2D eigenvalue weighted by Crippen LogP contribution is -2.44. The van der Waals surface area contributed by atoms with Crippen molar-refractivity contribution in [2.24, 2.45) is 0 Å². The number of aryl methyl sites for hydroxylation is 2. The number of esters is 1. The first kappa shape index (κ1) is 24.6. The van der Waals surface area contributed by atoms with Crippen LogP contribution in [0.15, 0.2) is 30.3 Å². The monoisotopic (exact) mass is 481 g/mol. The molecule has 182 valence electrons. The number of fused-ring (bicyclic) bond motifs is 1. The van der Waals surface area contributed by atoms with Gasteiger partial charge in [-0.25, -0.2) is 14.8 Å². The summed E-state index contributed by atoms with van der Waals surface area (Å²) in [5.41, 5.74) is 2.08. The molecule has 0 unspecified atom stereocenters. The van der Waals surface area contributed by atoms with Gasteiger partial charge in [0.1, 0.15) is 21.3 Å². The standard InChI is InChI=1S/C26H35N5O2S/c1-6-33-26(32)23-17(2)22-24(27-18(3)28-25(22)34-23)29-21(19-10-8-7-9-11-19)16-31(5)20-12-14-30(4)15-13-20/h7-11,20-21H,6,12-16H2,1-5H3,(H,27,28,29)/t21-/m1/s1. The quantitative estimate of drug-likeness (QED) is 0.469. The molecule has 3 aromatic rings. The summed E-state index contributed by atoms with van der Waals surface area (Å²) in [6.45, 7) is 9.15. The number of likely N-dealkylation sites (tertiary alicyclic amines) is 1. The minimum Gasteiger partial charge on any atom is -0.462 e. The number of aromatic nitrogens is 2. The van der Waals surface area contributed by atoms with Crippen molar-refractivity contribution in [3.63, 3.8) is 0 Å². The van der Waals surface area contributed by atoms with Gasteiger partial charge in [-0.3, -0.25) is 0 Å². The van der Waals surface area contributed by atoms with E-state index in [9.17, 15) is 4.79 Å². The van der Waals surface area contributed by atoms with E-state index in [0.717, 1.165) is 41.2 Å². The fraction of sp³-hybridized carbons (Fsp3) is 0.500. The van der Waals surface area contributed by atoms with E-state index in [-0.39, 0.29) is 12.0 Å². The summed E-state index contributed by atoms with van der Waals surface area (Å²) in [5, 5.41) is 4.64. The number of hydrogen-bond acceptors (Lipinski definition) is 8. The maximum Gasteiger partial charge on any atom is 0.348 e. The van der Waals surface area contributed by atoms with Crippen LogP contribution in [0.1, 0.15) is 52.4 Å². The Labute approximate surface area is 206 Å². The smallest absolute Gasteiger partial charge is 0.348 e. The molecule has 8 heteroatoms. The van der Waals surface area contributed by atoms with Crippen molar-refractivity contribution in [3.8, 4) is 0 Å². The molecule has 0 amide bonds. The van der Waals surface area contributed by atoms with Crippen LogP contribution in [0.3, 0.4) is 0 Å². The van der Waals surface area contributed by atoms with Crippen LogP contribution in [0.2, 0.25) is 0 Å². The van der Waals surface area contributed by atoms with Gasteiger partial charge < -0.3 is 19.9 Å². The van der Waals surface area contributed by atoms with E-state index >= 15 is 0 Å². The topological polar surface area (TPSA) is 70.6 Å². The van der Waals surface area contributed by atoms with Crippen molar-refractivity contribution in [2.75, 3.05) is 45.7 Å². The van der Waals surface area contributed by atoms with Crippen molar-refractivity contribution in [1.29, 1.82) is 0 Å². The number of benzene rings is 1. The Hall–Kier alpha value is -2.55. The van der Waals surface area contributed by atoms with Crippen LogP contribution in [-0.2, 0) is 4.74 Å². The molecule has 4 rings (SSSR count). The van der Waals surface area contributed by atoms with Gasteiger partial charge in [0.05, 0.1) is 18.0 Å². The molecule has 34 heavy (non-hydrogen) atoms. The van der Waals surface area contributed by atoms with Crippen LogP contribution in [0.4, 0.5) is 5.82 Å². The summed E-state index contributed by atoms with van der Waals surface area (Å²) in [5.74, 6) is 1.16. The summed E-state index contributed by atoms with van der Waals surface area (Å²) in [7, 11) is 4.42. The fourth-order valence-electron chi connectivity index (χ4n) is 4.70. The summed E-state index contributed by atoms with van der Waals surface area (Å²) < 4.78 is 5.28. The highest BCUT2D eigenvalue weighted by Crippen LogP contribution is 2.36. The molecular formula is C26H35N5O2S. The van der Waals surface area contributed by atoms with Crippen LogP contribution in [-0.4, -0.2) is 72.1 Å². The number of hydrogen-bond donors (Lipinski definition) is 1. The maximum absolute atomic E-state index is 12.5. The molecule has 2 aromatic heterocycles. The number of carbonyl (C=O) groups is 1. The van der Waals surface area contributed by atoms with Gasteiger partial charge in [-0.1, -0.05) is 30.3 Å². The minimum atomic E-state index is -0.298. The predicted octanol–water partition coefficient (Wildman–Crippen LogP) is 4.66. The normalized spacial score (nSPS) is 16.2. The highest BCUT2D eigenvalue weighted by atomic mass is 32.1. The Morgan fingerprint density at radius 1 is 1.24 bits per heavy atom. The third-order valence-electron chi connectivity index (χ3n) is 6.66. The largest absolute Gasteiger partial charge is 0.462 e. The molecule has 1 aliphatic rings. The molecule has 3 heterocycles. The summed E-state index contributed by atoms with van der Waals surface area (Å²) in [6, 6.07) is 11.1. The van der Waals surface area contributed by atoms with Crippen molar-refractivity contribution >= 4 is 33.3 Å². The highest BCUT2D eigenvalue weighted by Gasteiger charge is 2.26. The van der Waals surface area contributed by atoms with E-state index in [0.29, 0.717) is 23.4 Å². The number of thiophene rings is 1. The molecule has 1 atom stereocenters. The van der Waals surface area contributed by atoms with E-state index in [2.05, 4.69) is 58.5 Å². The van der Waals surface area contributed by atoms with Crippen molar-refractivity contribution in [1.82, 2.24) is 19.8 Å². The molecule has 0 spiro atoms. The lowest BCUT2D eigenvalue weighted by atomic mass is 10.0. The molecular weight excluding hydrogens is 446 g/mol. The van der Waals surface area contributed by atoms with E-state index in [4.69, 9.17) is 9.72 Å². The maximum atomic E-state index is 12.5. The SMILES string of the molecule is CCOC(=O)c1sc2nc(C)nc(N[C@H](CN(C)C3CCN(C)CC3)c3ccccc3)c2c1C. The van der Waals surface area contributed by atoms with Gasteiger partial charge in [0.15, 0.2) is 0 Å². The average Bonchev–Trinajstić information content (AvgIpc) is 3.16. The zero-order valence-electron chi connectivity index (χ0n) is 20.8. The number of nitrogens with zero attached hydrogens (tertiary/aromatic N) is 4. The Morgan fingerprint density at radius 2 is 1.94 bits per heavy atom. The first-order chi connectivity index (χ1) is 16.4. The number of anilines is 1. The molecule has 1 fully saturated rings. The van der Waals surface area contributed by atoms with E-state index in [1.807, 2.05) is 26.8 Å². The van der Waals surface area contributed by atoms with Gasteiger partial charge >= 0.3 is 5.97 Å². The fourth-order valence-corrected chi connectivity index (χ4v) is 5.82. The zero-order chi connectivity index (χ0) is 24.2. The van der Waals surface area contributed by atoms with Crippen LogP contribution >= 0.6 is 11.3 Å². The first-order valence-electron chi connectivity index (χ1n) is 12.0. The minimum absolute atomic E-state index is 0.0497. The van der Waals surface area contributed by atoms with Gasteiger partial charge in [-0.2, -0.15) is 0 Å². The van der Waals surface area contributed by atoms with Crippen molar-refractivity contribution < 1.29 is 9.53 Å². The molecule has 1 saturated heterocycles. The Morgan fingerprint density at radius 3 is 2.62 bits per heavy atom. The summed E-state index contributed by atoms with van der Waals surface area (Å²) >= 11 is 1.38. The van der Waals surface area contributed by atoms with Crippen LogP contribution in [0, 0.1) is 13.8 Å². The van der Waals surface area contributed by atoms with Gasteiger partial charge in [0.2, 0.25) is 0 Å². The lowest BCUT2D eigenvalue weighted by Gasteiger charge is -2.37. The molecule has 1 N–H and O–H groups in total. The van der Waals surface area contributed by atoms with Gasteiger partial charge in [-0.05, 0) is 71.9 Å². The van der Waals surface area contributed by atoms with Gasteiger partial charge in [0, 0.05) is 12.6 Å². The Bertz CT molecular complexity index is 1130. The van der Waals surface area contributed by atoms with E-state index < -0.39 is 0 Å². The molecule has 0 radical (unpaired) electrons. The Kier molecular flexibility index (Phi) is 7.80. The number of likely N-dealkylation sites (N-methyl/N-ethyl adjacent to an activating group) is 1. The third-order valence-corrected chi connectivity index (χ3v) is 7.82. The molecule has 1 aromatic carbocycles. The van der Waals surface area contributed by atoms with E-state index in [1.54, 1.807) is 0 Å². The molecule has 1 aliphatic heterocycles. The second kappa shape index (κ2) is 10.8.